The molecule has 1 fully saturated rings. The van der Waals surface area contributed by atoms with Gasteiger partial charge in [0.15, 0.2) is 6.39 Å². The number of hydrogen-bond donors (Lipinski definition) is 1. The minimum Gasteiger partial charge on any atom is -0.438 e. The Labute approximate surface area is 97.6 Å². The smallest absolute Gasteiger partial charge is 0.291 e. The van der Waals surface area contributed by atoms with E-state index in [1.165, 1.54) is 12.6 Å². The van der Waals surface area contributed by atoms with Crippen molar-refractivity contribution in [3.63, 3.8) is 0 Å². The molecule has 88 valence electrons. The molecular formula is C11H12N4O2. The van der Waals surface area contributed by atoms with Gasteiger partial charge in [-0.05, 0) is 12.5 Å². The molecule has 6 nitrogen and oxygen atoms in total. The molecule has 0 saturated carbocycles. The Morgan fingerprint density at radius 3 is 3.24 bits per heavy atom. The summed E-state index contributed by atoms with van der Waals surface area (Å²) in [5.41, 5.74) is 1.08. The molecule has 1 amide bonds. The largest absolute Gasteiger partial charge is 0.438 e. The third-order valence-electron chi connectivity index (χ3n) is 3.08. The van der Waals surface area contributed by atoms with E-state index in [9.17, 15) is 4.79 Å². The first-order chi connectivity index (χ1) is 8.34. The summed E-state index contributed by atoms with van der Waals surface area (Å²) in [6.07, 6.45) is 5.40. The highest BCUT2D eigenvalue weighted by Gasteiger charge is 2.29. The van der Waals surface area contributed by atoms with E-state index >= 15 is 0 Å². The van der Waals surface area contributed by atoms with E-state index in [0.717, 1.165) is 18.7 Å². The van der Waals surface area contributed by atoms with Gasteiger partial charge in [0.05, 0.1) is 6.20 Å². The summed E-state index contributed by atoms with van der Waals surface area (Å²) in [5, 5.41) is 6.88. The molecule has 0 radical (unpaired) electrons. The lowest BCUT2D eigenvalue weighted by Gasteiger charge is -2.13. The van der Waals surface area contributed by atoms with Crippen LogP contribution in [0.3, 0.4) is 0 Å². The van der Waals surface area contributed by atoms with Gasteiger partial charge < -0.3 is 9.32 Å². The summed E-state index contributed by atoms with van der Waals surface area (Å²) in [4.78, 5) is 17.5. The molecular weight excluding hydrogens is 220 g/mol. The maximum Gasteiger partial charge on any atom is 0.291 e. The Morgan fingerprint density at radius 1 is 1.59 bits per heavy atom. The zero-order valence-corrected chi connectivity index (χ0v) is 9.17. The van der Waals surface area contributed by atoms with Crippen LogP contribution >= 0.6 is 0 Å². The molecule has 17 heavy (non-hydrogen) atoms. The SMILES string of the molecule is O=C(c1cnco1)N1CCC(c2ccn[nH]2)C1. The van der Waals surface area contributed by atoms with Crippen molar-refractivity contribution in [2.75, 3.05) is 13.1 Å². The van der Waals surface area contributed by atoms with Crippen molar-refractivity contribution >= 4 is 5.91 Å². The first-order valence-electron chi connectivity index (χ1n) is 5.51. The average Bonchev–Trinajstić information content (AvgIpc) is 3.09. The van der Waals surface area contributed by atoms with Gasteiger partial charge in [-0.1, -0.05) is 0 Å². The summed E-state index contributed by atoms with van der Waals surface area (Å²) in [6.45, 7) is 1.44. The molecule has 1 atom stereocenters. The standard InChI is InChI=1S/C11H12N4O2/c16-11(10-5-12-7-17-10)15-4-2-8(6-15)9-1-3-13-14-9/h1,3,5,7-8H,2,4,6H2,(H,13,14). The van der Waals surface area contributed by atoms with E-state index in [0.29, 0.717) is 18.2 Å². The van der Waals surface area contributed by atoms with Crippen molar-refractivity contribution in [2.45, 2.75) is 12.3 Å². The van der Waals surface area contributed by atoms with E-state index in [1.54, 1.807) is 11.1 Å². The predicted octanol–water partition coefficient (Wildman–Crippen LogP) is 1.03. The van der Waals surface area contributed by atoms with Crippen LogP contribution in [-0.4, -0.2) is 39.1 Å². The molecule has 1 aliphatic heterocycles. The predicted molar refractivity (Wildman–Crippen MR) is 58.4 cm³/mol. The van der Waals surface area contributed by atoms with Crippen molar-refractivity contribution < 1.29 is 9.21 Å². The minimum atomic E-state index is -0.0930. The Hall–Kier alpha value is -2.11. The lowest BCUT2D eigenvalue weighted by Crippen LogP contribution is -2.28. The van der Waals surface area contributed by atoms with E-state index < -0.39 is 0 Å². The van der Waals surface area contributed by atoms with Gasteiger partial charge in [0.1, 0.15) is 0 Å². The highest BCUT2D eigenvalue weighted by Crippen LogP contribution is 2.26. The number of nitrogens with zero attached hydrogens (tertiary/aromatic N) is 3. The summed E-state index contributed by atoms with van der Waals surface area (Å²) >= 11 is 0. The zero-order chi connectivity index (χ0) is 11.7. The quantitative estimate of drug-likeness (QED) is 0.839. The maximum absolute atomic E-state index is 12.0. The summed E-state index contributed by atoms with van der Waals surface area (Å²) in [5.74, 6) is 0.546. The normalized spacial score (nSPS) is 19.8. The van der Waals surface area contributed by atoms with E-state index in [-0.39, 0.29) is 5.91 Å². The monoisotopic (exact) mass is 232 g/mol. The van der Waals surface area contributed by atoms with Gasteiger partial charge in [-0.15, -0.1) is 0 Å². The molecule has 3 heterocycles. The summed E-state index contributed by atoms with van der Waals surface area (Å²) in [7, 11) is 0. The lowest BCUT2D eigenvalue weighted by molar-refractivity contribution is 0.0759. The number of carbonyl (C=O) groups excluding carboxylic acids is 1. The molecule has 2 aromatic rings. The number of aromatic amines is 1. The van der Waals surface area contributed by atoms with Crippen molar-refractivity contribution in [1.29, 1.82) is 0 Å². The number of likely N-dealkylation sites (tertiary alicyclic amines) is 1. The van der Waals surface area contributed by atoms with Gasteiger partial charge in [-0.25, -0.2) is 4.98 Å². The second kappa shape index (κ2) is 4.04. The number of amides is 1. The molecule has 2 aromatic heterocycles. The second-order valence-electron chi connectivity index (χ2n) is 4.11. The molecule has 0 aromatic carbocycles. The van der Waals surface area contributed by atoms with Crippen LogP contribution in [0.15, 0.2) is 29.3 Å². The van der Waals surface area contributed by atoms with Crippen LogP contribution in [0.25, 0.3) is 0 Å². The fraction of sp³-hybridized carbons (Fsp3) is 0.364. The third-order valence-corrected chi connectivity index (χ3v) is 3.08. The number of carbonyl (C=O) groups is 1. The molecule has 1 aliphatic rings. The van der Waals surface area contributed by atoms with Crippen molar-refractivity contribution in [3.05, 3.63) is 36.3 Å². The first-order valence-corrected chi connectivity index (χ1v) is 5.51. The summed E-state index contributed by atoms with van der Waals surface area (Å²) < 4.78 is 5.01. The Balaban J connectivity index is 1.70. The fourth-order valence-electron chi connectivity index (χ4n) is 2.17. The average molecular weight is 232 g/mol. The van der Waals surface area contributed by atoms with Crippen LogP contribution < -0.4 is 0 Å². The van der Waals surface area contributed by atoms with Gasteiger partial charge in [-0.3, -0.25) is 9.89 Å². The molecule has 1 N–H and O–H groups in total. The topological polar surface area (TPSA) is 75.0 Å². The minimum absolute atomic E-state index is 0.0930. The second-order valence-corrected chi connectivity index (χ2v) is 4.11. The highest BCUT2D eigenvalue weighted by molar-refractivity contribution is 5.91. The number of rotatable bonds is 2. The molecule has 0 spiro atoms. The van der Waals surface area contributed by atoms with Crippen LogP contribution in [0.4, 0.5) is 0 Å². The Bertz CT molecular complexity index is 492. The van der Waals surface area contributed by atoms with Gasteiger partial charge in [-0.2, -0.15) is 5.10 Å². The Kier molecular flexibility index (Phi) is 2.40. The number of oxazole rings is 1. The van der Waals surface area contributed by atoms with Gasteiger partial charge in [0.25, 0.3) is 5.91 Å². The van der Waals surface area contributed by atoms with E-state index in [1.807, 2.05) is 6.07 Å². The van der Waals surface area contributed by atoms with Crippen LogP contribution in [0.5, 0.6) is 0 Å². The van der Waals surface area contributed by atoms with E-state index in [2.05, 4.69) is 15.2 Å². The summed E-state index contributed by atoms with van der Waals surface area (Å²) in [6, 6.07) is 1.95. The van der Waals surface area contributed by atoms with Crippen molar-refractivity contribution in [2.24, 2.45) is 0 Å². The maximum atomic E-state index is 12.0. The molecule has 1 unspecified atom stereocenters. The van der Waals surface area contributed by atoms with Crippen LogP contribution in [0.2, 0.25) is 0 Å². The number of aromatic nitrogens is 3. The van der Waals surface area contributed by atoms with Crippen molar-refractivity contribution in [1.82, 2.24) is 20.1 Å². The zero-order valence-electron chi connectivity index (χ0n) is 9.17. The Morgan fingerprint density at radius 2 is 2.53 bits per heavy atom. The van der Waals surface area contributed by atoms with Crippen LogP contribution in [-0.2, 0) is 0 Å². The molecule has 6 heteroatoms. The molecule has 1 saturated heterocycles. The first kappa shape index (κ1) is 10.1. The number of H-pyrrole nitrogens is 1. The van der Waals surface area contributed by atoms with Crippen molar-refractivity contribution in [3.8, 4) is 0 Å². The van der Waals surface area contributed by atoms with E-state index in [4.69, 9.17) is 4.42 Å². The third kappa shape index (κ3) is 1.82. The fourth-order valence-corrected chi connectivity index (χ4v) is 2.17. The van der Waals surface area contributed by atoms with Gasteiger partial charge >= 0.3 is 0 Å². The van der Waals surface area contributed by atoms with Crippen LogP contribution in [0.1, 0.15) is 28.6 Å². The molecule has 0 bridgehead atoms. The number of nitrogens with one attached hydrogen (secondary N) is 1. The van der Waals surface area contributed by atoms with Gasteiger partial charge in [0, 0.05) is 30.9 Å². The number of hydrogen-bond acceptors (Lipinski definition) is 4. The molecule has 3 rings (SSSR count). The van der Waals surface area contributed by atoms with Gasteiger partial charge in [0.2, 0.25) is 5.76 Å². The lowest BCUT2D eigenvalue weighted by atomic mass is 10.1. The van der Waals surface area contributed by atoms with Crippen LogP contribution in [0, 0.1) is 0 Å². The molecule has 0 aliphatic carbocycles. The highest BCUT2D eigenvalue weighted by atomic mass is 16.3.